The average Bonchev–Trinajstić information content (AvgIpc) is 3.56. The molecule has 0 unspecified atom stereocenters. The molecule has 9 aromatic rings. The molecule has 0 radical (unpaired) electrons. The molecule has 9 rings (SSSR count). The summed E-state index contributed by atoms with van der Waals surface area (Å²) in [5, 5.41) is 15.1. The van der Waals surface area contributed by atoms with Gasteiger partial charge in [0, 0.05) is 0 Å². The smallest absolute Gasteiger partial charge is 0.119 e. The third-order valence-corrected chi connectivity index (χ3v) is 10.8. The van der Waals surface area contributed by atoms with Gasteiger partial charge in [-0.2, -0.15) is 0 Å². The lowest BCUT2D eigenvalue weighted by Crippen LogP contribution is -1.94. The second kappa shape index (κ2) is 11.4. The van der Waals surface area contributed by atoms with Gasteiger partial charge in [0.1, 0.15) is 11.5 Å². The lowest BCUT2D eigenvalue weighted by atomic mass is 9.86. The Morgan fingerprint density at radius 3 is 1.52 bits per heavy atom. The molecule has 0 N–H and O–H groups in total. The minimum Gasteiger partial charge on any atom is -0.497 e. The second-order valence-electron chi connectivity index (χ2n) is 13.9. The van der Waals surface area contributed by atoms with E-state index in [0.717, 1.165) is 11.5 Å². The summed E-state index contributed by atoms with van der Waals surface area (Å²) < 4.78 is 11.3. The van der Waals surface area contributed by atoms with Gasteiger partial charge in [-0.1, -0.05) is 60.7 Å². The van der Waals surface area contributed by atoms with E-state index in [1.807, 2.05) is 0 Å². The molecule has 2 heteroatoms. The molecule has 9 aromatic carbocycles. The number of hydrogen-bond acceptors (Lipinski definition) is 2. The fraction of sp³-hybridized carbons (Fsp3) is 0.125. The van der Waals surface area contributed by atoms with Gasteiger partial charge in [-0.3, -0.25) is 0 Å². The molecule has 0 heterocycles. The number of ether oxygens (including phenoxy) is 2. The maximum absolute atomic E-state index is 5.67. The summed E-state index contributed by atoms with van der Waals surface area (Å²) in [6.07, 6.45) is 0. The monoisotopic (exact) mass is 646 g/mol. The molecule has 0 saturated heterocycles. The summed E-state index contributed by atoms with van der Waals surface area (Å²) in [6.45, 7) is 8.81. The van der Waals surface area contributed by atoms with Crippen LogP contribution in [-0.4, -0.2) is 14.2 Å². The Kier molecular flexibility index (Phi) is 6.86. The van der Waals surface area contributed by atoms with Crippen LogP contribution in [0.25, 0.3) is 86.9 Å². The van der Waals surface area contributed by atoms with E-state index in [-0.39, 0.29) is 0 Å². The van der Waals surface area contributed by atoms with E-state index in [1.54, 1.807) is 14.2 Å². The van der Waals surface area contributed by atoms with Crippen LogP contribution in [0.1, 0.15) is 22.3 Å². The number of rotatable bonds is 4. The summed E-state index contributed by atoms with van der Waals surface area (Å²) in [7, 11) is 3.49. The highest BCUT2D eigenvalue weighted by Gasteiger charge is 2.20. The number of methoxy groups -OCH3 is 2. The van der Waals surface area contributed by atoms with Gasteiger partial charge in [-0.25, -0.2) is 0 Å². The highest BCUT2D eigenvalue weighted by atomic mass is 16.5. The maximum Gasteiger partial charge on any atom is 0.119 e. The highest BCUT2D eigenvalue weighted by molar-refractivity contribution is 6.29. The molecule has 0 amide bonds. The zero-order valence-electron chi connectivity index (χ0n) is 29.4. The number of aryl methyl sites for hydroxylation is 4. The first-order valence-electron chi connectivity index (χ1n) is 17.3. The quantitative estimate of drug-likeness (QED) is 0.177. The molecule has 0 aliphatic heterocycles. The first kappa shape index (κ1) is 30.2. The molecular weight excluding hydrogens is 609 g/mol. The average molecular weight is 647 g/mol. The molecule has 0 bridgehead atoms. The van der Waals surface area contributed by atoms with E-state index in [1.165, 1.54) is 109 Å². The van der Waals surface area contributed by atoms with E-state index < -0.39 is 0 Å². The van der Waals surface area contributed by atoms with Crippen molar-refractivity contribution in [1.29, 1.82) is 0 Å². The zero-order chi connectivity index (χ0) is 34.3. The first-order valence-corrected chi connectivity index (χ1v) is 17.3. The Morgan fingerprint density at radius 2 is 0.860 bits per heavy atom. The van der Waals surface area contributed by atoms with Crippen molar-refractivity contribution in [1.82, 2.24) is 0 Å². The minimum atomic E-state index is 0.890. The third kappa shape index (κ3) is 4.55. The largest absolute Gasteiger partial charge is 0.497 e. The van der Waals surface area contributed by atoms with Crippen molar-refractivity contribution in [2.45, 2.75) is 27.7 Å². The first-order chi connectivity index (χ1) is 24.3. The highest BCUT2D eigenvalue weighted by Crippen LogP contribution is 2.46. The molecule has 242 valence electrons. The van der Waals surface area contributed by atoms with Crippen molar-refractivity contribution in [3.8, 4) is 33.8 Å². The van der Waals surface area contributed by atoms with Crippen molar-refractivity contribution in [2.24, 2.45) is 0 Å². The fourth-order valence-electron chi connectivity index (χ4n) is 8.61. The molecule has 0 atom stereocenters. The maximum atomic E-state index is 5.67. The van der Waals surface area contributed by atoms with Crippen LogP contribution in [-0.2, 0) is 0 Å². The van der Waals surface area contributed by atoms with Gasteiger partial charge >= 0.3 is 0 Å². The summed E-state index contributed by atoms with van der Waals surface area (Å²) in [6, 6.07) is 45.3. The fourth-order valence-corrected chi connectivity index (χ4v) is 8.61. The SMILES string of the molecule is COc1cc(C)c(-c2cc3cc4c(cc(-c5c(C)cc(OC)cc5C)c5c6cccccc6cc45)cc3c3ccc4cccc4cc23)c(C)c1. The molecule has 0 spiro atoms. The number of benzene rings is 5. The van der Waals surface area contributed by atoms with Gasteiger partial charge in [0.2, 0.25) is 0 Å². The molecule has 50 heavy (non-hydrogen) atoms. The van der Waals surface area contributed by atoms with Crippen LogP contribution in [0.2, 0.25) is 0 Å². The predicted octanol–water partition coefficient (Wildman–Crippen LogP) is 13.2. The number of fused-ring (bicyclic) bond motifs is 9. The standard InChI is InChI=1S/C48H38O2/c1-27-17-36(49-5)18-28(2)46(27)44-25-34-24-41-35(23-40(34)39-16-15-31-12-10-13-32(31)21-42(39)44)26-45(47-29(3)19-37(50-6)20-30(47)4)48-38-14-9-7-8-11-33(38)22-43(41)48/h7-26H,1-6H3. The third-order valence-electron chi connectivity index (χ3n) is 10.8. The molecule has 0 aliphatic carbocycles. The molecule has 0 saturated carbocycles. The van der Waals surface area contributed by atoms with Gasteiger partial charge in [-0.05, 0) is 198 Å². The topological polar surface area (TPSA) is 18.5 Å². The van der Waals surface area contributed by atoms with Gasteiger partial charge in [0.05, 0.1) is 14.2 Å². The predicted molar refractivity (Wildman–Crippen MR) is 214 cm³/mol. The summed E-state index contributed by atoms with van der Waals surface area (Å²) in [5.41, 5.74) is 9.89. The summed E-state index contributed by atoms with van der Waals surface area (Å²) in [4.78, 5) is 0. The molecule has 0 aromatic heterocycles. The molecule has 0 fully saturated rings. The Morgan fingerprint density at radius 1 is 0.340 bits per heavy atom. The van der Waals surface area contributed by atoms with Crippen molar-refractivity contribution >= 4 is 64.6 Å². The Labute approximate surface area is 292 Å². The molecule has 2 nitrogen and oxygen atoms in total. The minimum absolute atomic E-state index is 0.890. The van der Waals surface area contributed by atoms with E-state index in [4.69, 9.17) is 9.47 Å². The van der Waals surface area contributed by atoms with Crippen LogP contribution in [0.4, 0.5) is 0 Å². The Hall–Kier alpha value is -5.86. The van der Waals surface area contributed by atoms with Crippen LogP contribution < -0.4 is 9.47 Å². The van der Waals surface area contributed by atoms with Crippen LogP contribution in [0.5, 0.6) is 11.5 Å². The Bertz CT molecular complexity index is 2800. The summed E-state index contributed by atoms with van der Waals surface area (Å²) >= 11 is 0. The van der Waals surface area contributed by atoms with Gasteiger partial charge < -0.3 is 9.47 Å². The lowest BCUT2D eigenvalue weighted by Gasteiger charge is -2.18. The Balaban J connectivity index is 1.46. The van der Waals surface area contributed by atoms with Crippen molar-refractivity contribution in [2.75, 3.05) is 14.2 Å². The molecular formula is C48H38O2. The second-order valence-corrected chi connectivity index (χ2v) is 13.9. The van der Waals surface area contributed by atoms with E-state index in [0.29, 0.717) is 0 Å². The van der Waals surface area contributed by atoms with E-state index in [9.17, 15) is 0 Å². The van der Waals surface area contributed by atoms with Crippen molar-refractivity contribution in [3.63, 3.8) is 0 Å². The van der Waals surface area contributed by atoms with Crippen LogP contribution in [0, 0.1) is 27.7 Å². The van der Waals surface area contributed by atoms with Crippen LogP contribution in [0.15, 0.2) is 121 Å². The van der Waals surface area contributed by atoms with E-state index in [2.05, 4.69) is 149 Å². The normalized spacial score (nSPS) is 11.8. The zero-order valence-corrected chi connectivity index (χ0v) is 29.4. The van der Waals surface area contributed by atoms with Gasteiger partial charge in [-0.15, -0.1) is 0 Å². The molecule has 0 aliphatic rings. The van der Waals surface area contributed by atoms with Gasteiger partial charge in [0.15, 0.2) is 0 Å². The number of hydrogen-bond donors (Lipinski definition) is 0. The van der Waals surface area contributed by atoms with Crippen LogP contribution >= 0.6 is 0 Å². The van der Waals surface area contributed by atoms with Crippen molar-refractivity contribution in [3.05, 3.63) is 144 Å². The van der Waals surface area contributed by atoms with Crippen LogP contribution in [0.3, 0.4) is 0 Å². The van der Waals surface area contributed by atoms with Crippen molar-refractivity contribution < 1.29 is 9.47 Å². The van der Waals surface area contributed by atoms with Gasteiger partial charge in [0.25, 0.3) is 0 Å². The lowest BCUT2D eigenvalue weighted by molar-refractivity contribution is 0.414. The van der Waals surface area contributed by atoms with E-state index >= 15 is 0 Å². The summed E-state index contributed by atoms with van der Waals surface area (Å²) in [5.74, 6) is 1.78.